The Morgan fingerprint density at radius 2 is 1.15 bits per heavy atom. The van der Waals surface area contributed by atoms with E-state index in [0.29, 0.717) is 22.9 Å². The second-order valence-corrected chi connectivity index (χ2v) is 5.41. The molecule has 0 aliphatic heterocycles. The summed E-state index contributed by atoms with van der Waals surface area (Å²) in [5, 5.41) is 18.7. The molecule has 106 valence electrons. The Kier molecular flexibility index (Phi) is 8.12. The van der Waals surface area contributed by atoms with E-state index in [1.165, 1.54) is 0 Å². The van der Waals surface area contributed by atoms with E-state index in [0.717, 1.165) is 49.7 Å². The number of rotatable bonds is 8. The van der Waals surface area contributed by atoms with Gasteiger partial charge in [-0.2, -0.15) is 10.5 Å². The molecule has 0 N–H and O–H groups in total. The Balaban J connectivity index is 2.95. The summed E-state index contributed by atoms with van der Waals surface area (Å²) in [7, 11) is 0. The van der Waals surface area contributed by atoms with Crippen molar-refractivity contribution < 1.29 is 0 Å². The normalized spacial score (nSPS) is 10.0. The molecule has 20 heavy (non-hydrogen) atoms. The van der Waals surface area contributed by atoms with Gasteiger partial charge in [-0.25, -0.2) is 0 Å². The van der Waals surface area contributed by atoms with Crippen LogP contribution in [0.2, 0.25) is 0 Å². The van der Waals surface area contributed by atoms with Crippen molar-refractivity contribution in [2.45, 2.75) is 38.5 Å². The standard InChI is InChI=1S/C16H18Cl2N2/c17-9-3-1-5-13-7-8-14(6-2-4-10-18)16(12-20)15(13)11-19/h7-8H,1-6,9-10H2. The Bertz CT molecular complexity index is 465. The molecule has 2 nitrogen and oxygen atoms in total. The van der Waals surface area contributed by atoms with Crippen LogP contribution in [0.3, 0.4) is 0 Å². The highest BCUT2D eigenvalue weighted by Gasteiger charge is 2.12. The van der Waals surface area contributed by atoms with Crippen LogP contribution in [0.5, 0.6) is 0 Å². The predicted octanol–water partition coefficient (Wildman–Crippen LogP) is 4.55. The molecule has 0 radical (unpaired) electrons. The largest absolute Gasteiger partial charge is 0.192 e. The summed E-state index contributed by atoms with van der Waals surface area (Å²) in [6, 6.07) is 8.33. The third kappa shape index (κ3) is 4.71. The van der Waals surface area contributed by atoms with Gasteiger partial charge in [0.15, 0.2) is 0 Å². The van der Waals surface area contributed by atoms with Crippen LogP contribution in [0.4, 0.5) is 0 Å². The molecule has 0 saturated carbocycles. The van der Waals surface area contributed by atoms with Crippen molar-refractivity contribution in [1.82, 2.24) is 0 Å². The SMILES string of the molecule is N#Cc1c(CCCCCl)ccc(CCCCCl)c1C#N. The van der Waals surface area contributed by atoms with Crippen molar-refractivity contribution in [3.8, 4) is 12.1 Å². The van der Waals surface area contributed by atoms with Gasteiger partial charge in [-0.1, -0.05) is 12.1 Å². The lowest BCUT2D eigenvalue weighted by Gasteiger charge is -2.10. The molecule has 4 heteroatoms. The lowest BCUT2D eigenvalue weighted by atomic mass is 9.92. The number of hydrogen-bond donors (Lipinski definition) is 0. The smallest absolute Gasteiger partial charge is 0.101 e. The van der Waals surface area contributed by atoms with Crippen molar-refractivity contribution >= 4 is 23.2 Å². The van der Waals surface area contributed by atoms with Crippen LogP contribution >= 0.6 is 23.2 Å². The zero-order chi connectivity index (χ0) is 14.8. The fraction of sp³-hybridized carbons (Fsp3) is 0.500. The van der Waals surface area contributed by atoms with E-state index in [9.17, 15) is 10.5 Å². The summed E-state index contributed by atoms with van der Waals surface area (Å²) >= 11 is 11.3. The van der Waals surface area contributed by atoms with E-state index >= 15 is 0 Å². The first-order valence-corrected chi connectivity index (χ1v) is 7.92. The molecule has 1 aromatic carbocycles. The molecule has 0 saturated heterocycles. The van der Waals surface area contributed by atoms with Crippen molar-refractivity contribution in [3.05, 3.63) is 34.4 Å². The molecule has 1 aromatic rings. The molecule has 0 spiro atoms. The zero-order valence-corrected chi connectivity index (χ0v) is 13.0. The van der Waals surface area contributed by atoms with Gasteiger partial charge in [0.25, 0.3) is 0 Å². The molecule has 1 rings (SSSR count). The van der Waals surface area contributed by atoms with Gasteiger partial charge < -0.3 is 0 Å². The number of halogens is 2. The molecule has 0 fully saturated rings. The maximum atomic E-state index is 9.33. The van der Waals surface area contributed by atoms with Crippen LogP contribution in [0.1, 0.15) is 47.9 Å². The highest BCUT2D eigenvalue weighted by molar-refractivity contribution is 6.18. The molecule has 0 aromatic heterocycles. The highest BCUT2D eigenvalue weighted by atomic mass is 35.5. The second-order valence-electron chi connectivity index (χ2n) is 4.65. The average Bonchev–Trinajstić information content (AvgIpc) is 2.48. The van der Waals surface area contributed by atoms with E-state index in [4.69, 9.17) is 23.2 Å². The van der Waals surface area contributed by atoms with Crippen molar-refractivity contribution in [2.75, 3.05) is 11.8 Å². The Morgan fingerprint density at radius 1 is 0.750 bits per heavy atom. The summed E-state index contributed by atoms with van der Waals surface area (Å²) in [6.07, 6.45) is 5.32. The quantitative estimate of drug-likeness (QED) is 0.522. The van der Waals surface area contributed by atoms with Crippen LogP contribution in [-0.4, -0.2) is 11.8 Å². The Morgan fingerprint density at radius 3 is 1.45 bits per heavy atom. The number of benzene rings is 1. The number of aryl methyl sites for hydroxylation is 2. The van der Waals surface area contributed by atoms with Crippen molar-refractivity contribution in [1.29, 1.82) is 10.5 Å². The molecular formula is C16H18Cl2N2. The van der Waals surface area contributed by atoms with Gasteiger partial charge in [0.05, 0.1) is 11.1 Å². The molecule has 0 aliphatic rings. The van der Waals surface area contributed by atoms with Crippen LogP contribution < -0.4 is 0 Å². The number of nitriles is 2. The molecule has 0 atom stereocenters. The lowest BCUT2D eigenvalue weighted by molar-refractivity contribution is 0.787. The van der Waals surface area contributed by atoms with Crippen LogP contribution in [0.25, 0.3) is 0 Å². The van der Waals surface area contributed by atoms with E-state index in [1.807, 2.05) is 12.1 Å². The van der Waals surface area contributed by atoms with Crippen LogP contribution in [-0.2, 0) is 12.8 Å². The maximum absolute atomic E-state index is 9.33. The second kappa shape index (κ2) is 9.65. The zero-order valence-electron chi connectivity index (χ0n) is 11.5. The molecule has 0 bridgehead atoms. The van der Waals surface area contributed by atoms with Crippen LogP contribution in [0.15, 0.2) is 12.1 Å². The topological polar surface area (TPSA) is 47.6 Å². The van der Waals surface area contributed by atoms with Gasteiger partial charge in [-0.15, -0.1) is 23.2 Å². The fourth-order valence-corrected chi connectivity index (χ4v) is 2.56. The van der Waals surface area contributed by atoms with Gasteiger partial charge in [0, 0.05) is 11.8 Å². The van der Waals surface area contributed by atoms with E-state index in [-0.39, 0.29) is 0 Å². The predicted molar refractivity (Wildman–Crippen MR) is 83.2 cm³/mol. The first kappa shape index (κ1) is 16.8. The van der Waals surface area contributed by atoms with E-state index < -0.39 is 0 Å². The monoisotopic (exact) mass is 308 g/mol. The molecular weight excluding hydrogens is 291 g/mol. The molecule has 0 amide bonds. The minimum absolute atomic E-state index is 0.533. The number of hydrogen-bond acceptors (Lipinski definition) is 2. The summed E-state index contributed by atoms with van der Waals surface area (Å²) in [6.45, 7) is 0. The summed E-state index contributed by atoms with van der Waals surface area (Å²) in [4.78, 5) is 0. The highest BCUT2D eigenvalue weighted by Crippen LogP contribution is 2.21. The summed E-state index contributed by atoms with van der Waals surface area (Å²) < 4.78 is 0. The van der Waals surface area contributed by atoms with Crippen molar-refractivity contribution in [2.24, 2.45) is 0 Å². The summed E-state index contributed by atoms with van der Waals surface area (Å²) in [5.74, 6) is 1.26. The van der Waals surface area contributed by atoms with Crippen molar-refractivity contribution in [3.63, 3.8) is 0 Å². The number of nitrogens with zero attached hydrogens (tertiary/aromatic N) is 2. The lowest BCUT2D eigenvalue weighted by Crippen LogP contribution is -2.00. The molecule has 0 heterocycles. The van der Waals surface area contributed by atoms with Gasteiger partial charge in [0.2, 0.25) is 0 Å². The third-order valence-corrected chi connectivity index (χ3v) is 3.80. The third-order valence-electron chi connectivity index (χ3n) is 3.26. The minimum atomic E-state index is 0.533. The van der Waals surface area contributed by atoms with E-state index in [2.05, 4.69) is 12.1 Å². The number of alkyl halides is 2. The first-order valence-electron chi connectivity index (χ1n) is 6.85. The molecule has 0 unspecified atom stereocenters. The maximum Gasteiger partial charge on any atom is 0.101 e. The fourth-order valence-electron chi connectivity index (χ4n) is 2.18. The van der Waals surface area contributed by atoms with E-state index in [1.54, 1.807) is 0 Å². The molecule has 0 aliphatic carbocycles. The van der Waals surface area contributed by atoms with Gasteiger partial charge in [0.1, 0.15) is 12.1 Å². The minimum Gasteiger partial charge on any atom is -0.192 e. The van der Waals surface area contributed by atoms with Crippen LogP contribution in [0, 0.1) is 22.7 Å². The number of unbranched alkanes of at least 4 members (excludes halogenated alkanes) is 2. The Hall–Kier alpha value is -1.22. The van der Waals surface area contributed by atoms with Gasteiger partial charge in [-0.3, -0.25) is 0 Å². The first-order chi connectivity index (χ1) is 9.78. The summed E-state index contributed by atoms with van der Waals surface area (Å²) in [5.41, 5.74) is 2.97. The van der Waals surface area contributed by atoms with Gasteiger partial charge in [-0.05, 0) is 49.7 Å². The van der Waals surface area contributed by atoms with Gasteiger partial charge >= 0.3 is 0 Å². The Labute approximate surface area is 130 Å². The average molecular weight is 309 g/mol.